The van der Waals surface area contributed by atoms with Crippen LogP contribution in [0.3, 0.4) is 0 Å². The molecular weight excluding hydrogens is 487 g/mol. The maximum absolute atomic E-state index is 12.2. The second-order valence-electron chi connectivity index (χ2n) is 7.39. The molecule has 0 saturated carbocycles. The van der Waals surface area contributed by atoms with Crippen molar-refractivity contribution in [2.75, 3.05) is 39.5 Å². The van der Waals surface area contributed by atoms with Crippen LogP contribution in [0.2, 0.25) is 10.0 Å². The minimum Gasteiger partial charge on any atom is -0.493 e. The maximum atomic E-state index is 12.2. The summed E-state index contributed by atoms with van der Waals surface area (Å²) in [6.07, 6.45) is 2.70. The Labute approximate surface area is 207 Å². The number of thioether (sulfide) groups is 1. The van der Waals surface area contributed by atoms with Crippen molar-refractivity contribution in [3.63, 3.8) is 0 Å². The molecule has 0 aliphatic carbocycles. The highest BCUT2D eigenvalue weighted by Gasteiger charge is 2.23. The van der Waals surface area contributed by atoms with Crippen LogP contribution in [0.1, 0.15) is 12.0 Å². The van der Waals surface area contributed by atoms with Crippen LogP contribution in [0.4, 0.5) is 0 Å². The molecule has 2 fully saturated rings. The number of carbonyl (C=O) groups excluding carboxylic acids is 1. The van der Waals surface area contributed by atoms with E-state index in [0.29, 0.717) is 31.6 Å². The lowest BCUT2D eigenvalue weighted by Gasteiger charge is -2.26. The lowest BCUT2D eigenvalue weighted by atomic mass is 10.0. The zero-order valence-electron chi connectivity index (χ0n) is 17.2. The first-order chi connectivity index (χ1) is 15.5. The summed E-state index contributed by atoms with van der Waals surface area (Å²) < 4.78 is 12.0. The van der Waals surface area contributed by atoms with Crippen molar-refractivity contribution in [1.29, 1.82) is 0 Å². The minimum atomic E-state index is -0.204. The molecule has 168 valence electrons. The Kier molecular flexibility index (Phi) is 8.10. The molecule has 2 saturated heterocycles. The number of hydrogen-bond acceptors (Lipinski definition) is 6. The van der Waals surface area contributed by atoms with E-state index in [4.69, 9.17) is 44.9 Å². The number of rotatable bonds is 7. The van der Waals surface area contributed by atoms with Crippen LogP contribution in [0.25, 0.3) is 17.2 Å². The number of thiocarbonyl (C=S) groups is 1. The first-order valence-electron chi connectivity index (χ1n) is 10.3. The van der Waals surface area contributed by atoms with Gasteiger partial charge in [-0.25, -0.2) is 0 Å². The average Bonchev–Trinajstić information content (AvgIpc) is 3.11. The molecule has 0 atom stereocenters. The standard InChI is InChI=1S/C23H22Cl2N2O3S2/c24-17-3-4-19(25)18(14-17)15-2-5-20(30-9-1-6-27-7-10-29-11-8-27)16(12-15)13-21-22(28)26-23(31)32-21/h2-5,12-14H,1,6-11H2,(H,26,28,31). The van der Waals surface area contributed by atoms with Gasteiger partial charge in [0.2, 0.25) is 0 Å². The Morgan fingerprint density at radius 3 is 2.75 bits per heavy atom. The van der Waals surface area contributed by atoms with Gasteiger partial charge in [-0.15, -0.1) is 0 Å². The molecule has 2 aromatic rings. The van der Waals surface area contributed by atoms with Crippen LogP contribution in [0, 0.1) is 0 Å². The number of benzene rings is 2. The highest BCUT2D eigenvalue weighted by molar-refractivity contribution is 8.26. The first-order valence-corrected chi connectivity index (χ1v) is 12.2. The molecule has 1 amide bonds. The van der Waals surface area contributed by atoms with Gasteiger partial charge in [-0.3, -0.25) is 9.69 Å². The fourth-order valence-electron chi connectivity index (χ4n) is 3.54. The summed E-state index contributed by atoms with van der Waals surface area (Å²) in [5, 5.41) is 3.85. The summed E-state index contributed by atoms with van der Waals surface area (Å²) in [5.74, 6) is 0.497. The molecule has 4 rings (SSSR count). The Hall–Kier alpha value is -1.61. The first kappa shape index (κ1) is 23.5. The average molecular weight is 509 g/mol. The van der Waals surface area contributed by atoms with Crippen molar-refractivity contribution in [1.82, 2.24) is 10.2 Å². The van der Waals surface area contributed by atoms with Crippen molar-refractivity contribution >= 4 is 63.5 Å². The molecule has 1 N–H and O–H groups in total. The molecule has 0 spiro atoms. The normalized spacial score (nSPS) is 18.2. The van der Waals surface area contributed by atoms with Gasteiger partial charge in [-0.2, -0.15) is 0 Å². The van der Waals surface area contributed by atoms with Gasteiger partial charge in [0, 0.05) is 40.8 Å². The van der Waals surface area contributed by atoms with Crippen LogP contribution >= 0.6 is 47.2 Å². The van der Waals surface area contributed by atoms with Gasteiger partial charge >= 0.3 is 0 Å². The van der Waals surface area contributed by atoms with Crippen LogP contribution < -0.4 is 10.1 Å². The van der Waals surface area contributed by atoms with Crippen molar-refractivity contribution < 1.29 is 14.3 Å². The zero-order valence-corrected chi connectivity index (χ0v) is 20.4. The summed E-state index contributed by atoms with van der Waals surface area (Å²) in [4.78, 5) is 15.1. The third kappa shape index (κ3) is 6.04. The molecule has 0 radical (unpaired) electrons. The van der Waals surface area contributed by atoms with E-state index in [1.807, 2.05) is 24.3 Å². The zero-order chi connectivity index (χ0) is 22.5. The molecule has 2 heterocycles. The molecule has 9 heteroatoms. The molecule has 2 aliphatic rings. The van der Waals surface area contributed by atoms with Crippen LogP contribution in [0.15, 0.2) is 41.3 Å². The van der Waals surface area contributed by atoms with Crippen LogP contribution in [-0.2, 0) is 9.53 Å². The van der Waals surface area contributed by atoms with E-state index in [1.165, 1.54) is 11.8 Å². The number of ether oxygens (including phenoxy) is 2. The molecule has 0 aromatic heterocycles. The Morgan fingerprint density at radius 2 is 2.00 bits per heavy atom. The van der Waals surface area contributed by atoms with Gasteiger partial charge < -0.3 is 14.8 Å². The predicted molar refractivity (Wildman–Crippen MR) is 136 cm³/mol. The Balaban J connectivity index is 1.55. The van der Waals surface area contributed by atoms with Gasteiger partial charge in [-0.1, -0.05) is 53.2 Å². The van der Waals surface area contributed by atoms with Gasteiger partial charge in [0.15, 0.2) is 0 Å². The quantitative estimate of drug-likeness (QED) is 0.313. The number of morpholine rings is 1. The number of hydrogen-bond donors (Lipinski definition) is 1. The SMILES string of the molecule is O=C1NC(=S)SC1=Cc1cc(-c2cc(Cl)ccc2Cl)ccc1OCCCN1CCOCC1. The maximum Gasteiger partial charge on any atom is 0.263 e. The molecular formula is C23H22Cl2N2O3S2. The number of amides is 1. The van der Waals surface area contributed by atoms with E-state index in [2.05, 4.69) is 10.2 Å². The Bertz CT molecular complexity index is 1060. The smallest absolute Gasteiger partial charge is 0.263 e. The number of nitrogens with zero attached hydrogens (tertiary/aromatic N) is 1. The fraction of sp³-hybridized carbons (Fsp3) is 0.304. The summed E-state index contributed by atoms with van der Waals surface area (Å²) in [7, 11) is 0. The van der Waals surface area contributed by atoms with Crippen LogP contribution in [-0.4, -0.2) is 54.6 Å². The number of halogens is 2. The van der Waals surface area contributed by atoms with Gasteiger partial charge in [0.05, 0.1) is 24.7 Å². The van der Waals surface area contributed by atoms with Gasteiger partial charge in [-0.05, 0) is 48.4 Å². The van der Waals surface area contributed by atoms with E-state index in [9.17, 15) is 4.79 Å². The minimum absolute atomic E-state index is 0.204. The van der Waals surface area contributed by atoms with E-state index in [-0.39, 0.29) is 5.91 Å². The van der Waals surface area contributed by atoms with Gasteiger partial charge in [0.25, 0.3) is 5.91 Å². The van der Waals surface area contributed by atoms with E-state index in [1.54, 1.807) is 18.2 Å². The van der Waals surface area contributed by atoms with Crippen molar-refractivity contribution in [3.05, 3.63) is 56.9 Å². The number of nitrogens with one attached hydrogen (secondary N) is 1. The third-order valence-corrected chi connectivity index (χ3v) is 6.89. The second kappa shape index (κ2) is 11.0. The molecule has 2 aromatic carbocycles. The highest BCUT2D eigenvalue weighted by Crippen LogP contribution is 2.36. The van der Waals surface area contributed by atoms with E-state index in [0.717, 1.165) is 56.0 Å². The molecule has 2 aliphatic heterocycles. The van der Waals surface area contributed by atoms with E-state index >= 15 is 0 Å². The predicted octanol–water partition coefficient (Wildman–Crippen LogP) is 5.25. The number of carbonyl (C=O) groups is 1. The van der Waals surface area contributed by atoms with Crippen molar-refractivity contribution in [3.8, 4) is 16.9 Å². The lowest BCUT2D eigenvalue weighted by Crippen LogP contribution is -2.37. The summed E-state index contributed by atoms with van der Waals surface area (Å²) >= 11 is 18.9. The van der Waals surface area contributed by atoms with Crippen molar-refractivity contribution in [2.24, 2.45) is 0 Å². The van der Waals surface area contributed by atoms with Gasteiger partial charge in [0.1, 0.15) is 10.1 Å². The highest BCUT2D eigenvalue weighted by atomic mass is 35.5. The molecule has 0 unspecified atom stereocenters. The largest absolute Gasteiger partial charge is 0.493 e. The molecule has 5 nitrogen and oxygen atoms in total. The van der Waals surface area contributed by atoms with Crippen LogP contribution in [0.5, 0.6) is 5.75 Å². The molecule has 0 bridgehead atoms. The summed E-state index contributed by atoms with van der Waals surface area (Å²) in [6.45, 7) is 5.02. The Morgan fingerprint density at radius 1 is 1.19 bits per heavy atom. The van der Waals surface area contributed by atoms with E-state index < -0.39 is 0 Å². The third-order valence-electron chi connectivity index (χ3n) is 5.16. The monoisotopic (exact) mass is 508 g/mol. The molecule has 32 heavy (non-hydrogen) atoms. The second-order valence-corrected chi connectivity index (χ2v) is 9.95. The lowest BCUT2D eigenvalue weighted by molar-refractivity contribution is -0.115. The fourth-order valence-corrected chi connectivity index (χ4v) is 4.97. The topological polar surface area (TPSA) is 50.8 Å². The summed E-state index contributed by atoms with van der Waals surface area (Å²) in [6, 6.07) is 11.2. The van der Waals surface area contributed by atoms with Crippen molar-refractivity contribution in [2.45, 2.75) is 6.42 Å². The summed E-state index contributed by atoms with van der Waals surface area (Å²) in [5.41, 5.74) is 2.49.